The third kappa shape index (κ3) is 4.60. The van der Waals surface area contributed by atoms with Gasteiger partial charge in [-0.1, -0.05) is 12.1 Å². The molecular weight excluding hydrogens is 395 g/mol. The number of nitrogens with zero attached hydrogens (tertiary/aromatic N) is 5. The number of hydrogen-bond acceptors (Lipinski definition) is 6. The van der Waals surface area contributed by atoms with Crippen molar-refractivity contribution in [2.45, 2.75) is 25.4 Å². The van der Waals surface area contributed by atoms with E-state index < -0.39 is 0 Å². The Labute approximate surface area is 170 Å². The van der Waals surface area contributed by atoms with Gasteiger partial charge in [-0.3, -0.25) is 9.69 Å². The van der Waals surface area contributed by atoms with Crippen molar-refractivity contribution >= 4 is 17.2 Å². The third-order valence-electron chi connectivity index (χ3n) is 4.99. The van der Waals surface area contributed by atoms with E-state index in [-0.39, 0.29) is 23.5 Å². The van der Waals surface area contributed by atoms with Gasteiger partial charge in [-0.25, -0.2) is 9.18 Å². The minimum Gasteiger partial charge on any atom is -0.351 e. The molecule has 3 aromatic rings. The van der Waals surface area contributed by atoms with Gasteiger partial charge in [0.1, 0.15) is 10.8 Å². The van der Waals surface area contributed by atoms with Gasteiger partial charge in [-0.2, -0.15) is 9.36 Å². The van der Waals surface area contributed by atoms with E-state index in [1.165, 1.54) is 32.8 Å². The molecule has 1 aliphatic heterocycles. The second kappa shape index (κ2) is 8.66. The van der Waals surface area contributed by atoms with Crippen molar-refractivity contribution in [3.63, 3.8) is 0 Å². The van der Waals surface area contributed by atoms with Gasteiger partial charge in [-0.05, 0) is 58.5 Å². The summed E-state index contributed by atoms with van der Waals surface area (Å²) in [5, 5.41) is 13.5. The van der Waals surface area contributed by atoms with Crippen LogP contribution in [0.3, 0.4) is 0 Å². The summed E-state index contributed by atoms with van der Waals surface area (Å²) in [6.45, 7) is 2.07. The number of aromatic nitrogens is 4. The zero-order chi connectivity index (χ0) is 20.2. The second-order valence-electron chi connectivity index (χ2n) is 6.98. The van der Waals surface area contributed by atoms with Gasteiger partial charge in [0.15, 0.2) is 0 Å². The lowest BCUT2D eigenvalue weighted by Gasteiger charge is -2.30. The maximum absolute atomic E-state index is 12.9. The molecule has 1 saturated heterocycles. The molecule has 2 aromatic heterocycles. The fourth-order valence-corrected chi connectivity index (χ4v) is 4.07. The van der Waals surface area contributed by atoms with Crippen LogP contribution in [0.1, 0.15) is 24.4 Å². The number of tetrazole rings is 1. The Hall–Kier alpha value is -2.85. The van der Waals surface area contributed by atoms with E-state index in [0.29, 0.717) is 26.2 Å². The number of carbonyl (C=O) groups is 1. The van der Waals surface area contributed by atoms with E-state index in [4.69, 9.17) is 0 Å². The molecule has 1 N–H and O–H groups in total. The molecule has 1 aromatic carbocycles. The Morgan fingerprint density at radius 2 is 1.93 bits per heavy atom. The molecule has 0 radical (unpaired) electrons. The molecule has 0 unspecified atom stereocenters. The molecule has 0 spiro atoms. The summed E-state index contributed by atoms with van der Waals surface area (Å²) in [4.78, 5) is 26.8. The molecule has 152 valence electrons. The van der Waals surface area contributed by atoms with Gasteiger partial charge < -0.3 is 5.32 Å². The molecule has 0 aliphatic carbocycles. The standard InChI is InChI=1S/C19H21FN6O2S/c20-15-5-3-14(4-6-15)12-21-17(27)13-24-9-7-16(8-10-24)25-19(28)26(23-22-25)18-2-1-11-29-18/h1-6,11,16H,7-10,12-13H2,(H,21,27). The van der Waals surface area contributed by atoms with Gasteiger partial charge in [0.25, 0.3) is 0 Å². The van der Waals surface area contributed by atoms with Gasteiger partial charge >= 0.3 is 5.69 Å². The molecular formula is C19H21FN6O2S. The largest absolute Gasteiger partial charge is 0.369 e. The van der Waals surface area contributed by atoms with Gasteiger partial charge in [0.05, 0.1) is 12.6 Å². The Morgan fingerprint density at radius 3 is 2.62 bits per heavy atom. The second-order valence-corrected chi connectivity index (χ2v) is 7.91. The minimum atomic E-state index is -0.294. The zero-order valence-electron chi connectivity index (χ0n) is 15.7. The number of thiophene rings is 1. The van der Waals surface area contributed by atoms with E-state index in [2.05, 4.69) is 20.6 Å². The molecule has 8 nitrogen and oxygen atoms in total. The van der Waals surface area contributed by atoms with Crippen molar-refractivity contribution in [3.05, 3.63) is 63.6 Å². The third-order valence-corrected chi connectivity index (χ3v) is 5.83. The number of halogens is 1. The van der Waals surface area contributed by atoms with Crippen molar-refractivity contribution in [2.24, 2.45) is 0 Å². The highest BCUT2D eigenvalue weighted by atomic mass is 32.1. The van der Waals surface area contributed by atoms with Crippen LogP contribution in [0.2, 0.25) is 0 Å². The van der Waals surface area contributed by atoms with Crippen LogP contribution in [0.4, 0.5) is 4.39 Å². The predicted octanol–water partition coefficient (Wildman–Crippen LogP) is 1.58. The Kier molecular flexibility index (Phi) is 5.81. The average Bonchev–Trinajstić information content (AvgIpc) is 3.38. The van der Waals surface area contributed by atoms with E-state index >= 15 is 0 Å². The Morgan fingerprint density at radius 1 is 1.17 bits per heavy atom. The fourth-order valence-electron chi connectivity index (χ4n) is 3.40. The lowest BCUT2D eigenvalue weighted by atomic mass is 10.1. The molecule has 29 heavy (non-hydrogen) atoms. The van der Waals surface area contributed by atoms with Gasteiger partial charge in [0.2, 0.25) is 5.91 Å². The minimum absolute atomic E-state index is 0.0188. The normalized spacial score (nSPS) is 15.5. The molecule has 0 atom stereocenters. The predicted molar refractivity (Wildman–Crippen MR) is 106 cm³/mol. The zero-order valence-corrected chi connectivity index (χ0v) is 16.5. The summed E-state index contributed by atoms with van der Waals surface area (Å²) in [5.41, 5.74) is 0.620. The smallest absolute Gasteiger partial charge is 0.351 e. The molecule has 3 heterocycles. The molecule has 10 heteroatoms. The number of rotatable bonds is 6. The van der Waals surface area contributed by atoms with Crippen LogP contribution in [-0.4, -0.2) is 50.2 Å². The monoisotopic (exact) mass is 416 g/mol. The fraction of sp³-hybridized carbons (Fsp3) is 0.368. The lowest BCUT2D eigenvalue weighted by molar-refractivity contribution is -0.122. The van der Waals surface area contributed by atoms with Crippen molar-refractivity contribution in [3.8, 4) is 5.00 Å². The number of hydrogen-bond donors (Lipinski definition) is 1. The van der Waals surface area contributed by atoms with Crippen LogP contribution in [0.25, 0.3) is 5.00 Å². The highest BCUT2D eigenvalue weighted by molar-refractivity contribution is 7.12. The first kappa shape index (κ1) is 19.5. The Bertz CT molecular complexity index is 1010. The number of amides is 1. The number of carbonyl (C=O) groups excluding carboxylic acids is 1. The maximum atomic E-state index is 12.9. The number of likely N-dealkylation sites (tertiary alicyclic amines) is 1. The molecule has 4 rings (SSSR count). The molecule has 0 saturated carbocycles. The van der Waals surface area contributed by atoms with Crippen molar-refractivity contribution in [2.75, 3.05) is 19.6 Å². The lowest BCUT2D eigenvalue weighted by Crippen LogP contribution is -2.43. The van der Waals surface area contributed by atoms with Crippen LogP contribution in [0, 0.1) is 5.82 Å². The van der Waals surface area contributed by atoms with Crippen molar-refractivity contribution < 1.29 is 9.18 Å². The van der Waals surface area contributed by atoms with Gasteiger partial charge in [-0.15, -0.1) is 11.3 Å². The van der Waals surface area contributed by atoms with E-state index in [1.807, 2.05) is 17.5 Å². The van der Waals surface area contributed by atoms with Crippen LogP contribution in [0.5, 0.6) is 0 Å². The quantitative estimate of drug-likeness (QED) is 0.660. The topological polar surface area (TPSA) is 85.1 Å². The number of piperidine rings is 1. The molecule has 0 bridgehead atoms. The number of nitrogens with one attached hydrogen (secondary N) is 1. The van der Waals surface area contributed by atoms with E-state index in [1.54, 1.807) is 12.1 Å². The van der Waals surface area contributed by atoms with Crippen molar-refractivity contribution in [1.29, 1.82) is 0 Å². The first-order valence-corrected chi connectivity index (χ1v) is 10.3. The maximum Gasteiger partial charge on any atom is 0.369 e. The highest BCUT2D eigenvalue weighted by Gasteiger charge is 2.25. The van der Waals surface area contributed by atoms with Gasteiger partial charge in [0, 0.05) is 19.6 Å². The number of benzene rings is 1. The van der Waals surface area contributed by atoms with E-state index in [9.17, 15) is 14.0 Å². The highest BCUT2D eigenvalue weighted by Crippen LogP contribution is 2.20. The average molecular weight is 416 g/mol. The molecule has 1 fully saturated rings. The SMILES string of the molecule is O=C(CN1CCC(n2nnn(-c3cccs3)c2=O)CC1)NCc1ccc(F)cc1. The van der Waals surface area contributed by atoms with Crippen molar-refractivity contribution in [1.82, 2.24) is 30.0 Å². The van der Waals surface area contributed by atoms with Crippen LogP contribution in [0.15, 0.2) is 46.6 Å². The first-order chi connectivity index (χ1) is 14.1. The summed E-state index contributed by atoms with van der Waals surface area (Å²) in [5.74, 6) is -0.369. The van der Waals surface area contributed by atoms with Crippen LogP contribution in [-0.2, 0) is 11.3 Å². The Balaban J connectivity index is 1.27. The van der Waals surface area contributed by atoms with E-state index in [0.717, 1.165) is 23.4 Å². The summed E-state index contributed by atoms with van der Waals surface area (Å²) in [6, 6.07) is 9.74. The van der Waals surface area contributed by atoms with Crippen LogP contribution >= 0.6 is 11.3 Å². The summed E-state index contributed by atoms with van der Waals surface area (Å²) >= 11 is 1.44. The summed E-state index contributed by atoms with van der Waals surface area (Å²) < 4.78 is 15.7. The molecule has 1 amide bonds. The first-order valence-electron chi connectivity index (χ1n) is 9.42. The summed E-state index contributed by atoms with van der Waals surface area (Å²) in [7, 11) is 0. The molecule has 1 aliphatic rings. The summed E-state index contributed by atoms with van der Waals surface area (Å²) in [6.07, 6.45) is 1.46. The van der Waals surface area contributed by atoms with Crippen LogP contribution < -0.4 is 11.0 Å².